The van der Waals surface area contributed by atoms with E-state index < -0.39 is 0 Å². The first-order valence-electron chi connectivity index (χ1n) is 9.34. The number of carbonyl (C=O) groups is 1. The van der Waals surface area contributed by atoms with Crippen LogP contribution in [0.3, 0.4) is 0 Å². The number of pyridine rings is 2. The molecule has 144 valence electrons. The number of halogens is 1. The van der Waals surface area contributed by atoms with E-state index in [1.165, 1.54) is 6.20 Å². The summed E-state index contributed by atoms with van der Waals surface area (Å²) in [6, 6.07) is 11.0. The van der Waals surface area contributed by atoms with Crippen molar-refractivity contribution in [3.63, 3.8) is 0 Å². The second kappa shape index (κ2) is 8.12. The quantitative estimate of drug-likeness (QED) is 0.736. The molecular weight excluding hydrogens is 376 g/mol. The average molecular weight is 397 g/mol. The number of piperazine rings is 1. The summed E-state index contributed by atoms with van der Waals surface area (Å²) in [4.78, 5) is 37.1. The lowest BCUT2D eigenvalue weighted by Crippen LogP contribution is -2.49. The summed E-state index contributed by atoms with van der Waals surface area (Å²) in [5.41, 5.74) is 1.63. The Morgan fingerprint density at radius 1 is 1.14 bits per heavy atom. The van der Waals surface area contributed by atoms with Crippen LogP contribution in [0.4, 0.5) is 0 Å². The van der Waals surface area contributed by atoms with Gasteiger partial charge < -0.3 is 9.88 Å². The number of benzene rings is 1. The molecule has 1 aliphatic rings. The molecule has 6 nitrogen and oxygen atoms in total. The van der Waals surface area contributed by atoms with Gasteiger partial charge in [-0.05, 0) is 30.3 Å². The van der Waals surface area contributed by atoms with Crippen molar-refractivity contribution < 1.29 is 4.79 Å². The van der Waals surface area contributed by atoms with Crippen LogP contribution < -0.4 is 5.43 Å². The number of carbonyl (C=O) groups excluding carboxylic acids is 1. The number of nitrogens with one attached hydrogen (secondary N) is 1. The lowest BCUT2D eigenvalue weighted by molar-refractivity contribution is 0.0637. The molecule has 7 heteroatoms. The summed E-state index contributed by atoms with van der Waals surface area (Å²) < 4.78 is 0. The van der Waals surface area contributed by atoms with Crippen molar-refractivity contribution >= 4 is 28.4 Å². The Morgan fingerprint density at radius 3 is 2.71 bits per heavy atom. The van der Waals surface area contributed by atoms with Crippen molar-refractivity contribution in [1.82, 2.24) is 19.8 Å². The number of aromatic amines is 1. The van der Waals surface area contributed by atoms with E-state index in [2.05, 4.69) is 14.9 Å². The van der Waals surface area contributed by atoms with Crippen LogP contribution in [-0.4, -0.2) is 58.4 Å². The summed E-state index contributed by atoms with van der Waals surface area (Å²) in [7, 11) is 0. The Balaban J connectivity index is 1.41. The van der Waals surface area contributed by atoms with Crippen LogP contribution in [0.25, 0.3) is 10.9 Å². The summed E-state index contributed by atoms with van der Waals surface area (Å²) in [5, 5.41) is 0.913. The van der Waals surface area contributed by atoms with Crippen molar-refractivity contribution in [3.8, 4) is 0 Å². The van der Waals surface area contributed by atoms with E-state index in [-0.39, 0.29) is 16.9 Å². The third-order valence-corrected chi connectivity index (χ3v) is 5.38. The fourth-order valence-electron chi connectivity index (χ4n) is 3.51. The topological polar surface area (TPSA) is 69.3 Å². The van der Waals surface area contributed by atoms with Crippen LogP contribution in [0.2, 0.25) is 5.02 Å². The molecule has 3 aromatic rings. The molecule has 1 N–H and O–H groups in total. The molecular formula is C21H21ClN4O2. The van der Waals surface area contributed by atoms with E-state index in [0.29, 0.717) is 29.0 Å². The first-order valence-corrected chi connectivity index (χ1v) is 9.72. The molecule has 3 heterocycles. The minimum atomic E-state index is -0.279. The highest BCUT2D eigenvalue weighted by molar-refractivity contribution is 6.31. The fraction of sp³-hybridized carbons (Fsp3) is 0.286. The van der Waals surface area contributed by atoms with Gasteiger partial charge in [-0.2, -0.15) is 0 Å². The van der Waals surface area contributed by atoms with Gasteiger partial charge in [0.2, 0.25) is 5.43 Å². The van der Waals surface area contributed by atoms with Crippen molar-refractivity contribution in [2.75, 3.05) is 32.7 Å². The van der Waals surface area contributed by atoms with Gasteiger partial charge in [0.15, 0.2) is 0 Å². The lowest BCUT2D eigenvalue weighted by Gasteiger charge is -2.34. The fourth-order valence-corrected chi connectivity index (χ4v) is 3.69. The third-order valence-electron chi connectivity index (χ3n) is 5.14. The SMILES string of the molecule is O=C(c1c[nH]c2ccc(Cl)cc2c1=O)N1CCN(CCc2ccccn2)CC1. The Kier molecular flexibility index (Phi) is 5.41. The number of hydrogen-bond acceptors (Lipinski definition) is 4. The zero-order valence-corrected chi connectivity index (χ0v) is 16.2. The molecule has 0 aliphatic carbocycles. The van der Waals surface area contributed by atoms with Crippen LogP contribution in [0.1, 0.15) is 16.1 Å². The molecule has 1 amide bonds. The van der Waals surface area contributed by atoms with Gasteiger partial charge in [0.1, 0.15) is 5.56 Å². The first kappa shape index (κ1) is 18.7. The first-order chi connectivity index (χ1) is 13.6. The van der Waals surface area contributed by atoms with Crippen molar-refractivity contribution in [2.24, 2.45) is 0 Å². The van der Waals surface area contributed by atoms with Gasteiger partial charge in [-0.25, -0.2) is 0 Å². The summed E-state index contributed by atoms with van der Waals surface area (Å²) in [6.07, 6.45) is 4.20. The number of H-pyrrole nitrogens is 1. The predicted octanol–water partition coefficient (Wildman–Crippen LogP) is 2.58. The normalized spacial score (nSPS) is 15.1. The Morgan fingerprint density at radius 2 is 1.96 bits per heavy atom. The van der Waals surface area contributed by atoms with Gasteiger partial charge >= 0.3 is 0 Å². The van der Waals surface area contributed by atoms with E-state index >= 15 is 0 Å². The zero-order chi connectivity index (χ0) is 19.5. The summed E-state index contributed by atoms with van der Waals surface area (Å²) >= 11 is 6.00. The molecule has 1 fully saturated rings. The summed E-state index contributed by atoms with van der Waals surface area (Å²) in [6.45, 7) is 3.70. The van der Waals surface area contributed by atoms with E-state index in [9.17, 15) is 9.59 Å². The molecule has 1 aliphatic heterocycles. The van der Waals surface area contributed by atoms with Gasteiger partial charge in [0, 0.05) is 73.2 Å². The van der Waals surface area contributed by atoms with Crippen LogP contribution in [-0.2, 0) is 6.42 Å². The Labute approximate surface area is 167 Å². The minimum Gasteiger partial charge on any atom is -0.360 e. The number of amides is 1. The van der Waals surface area contributed by atoms with Gasteiger partial charge in [-0.1, -0.05) is 17.7 Å². The van der Waals surface area contributed by atoms with Crippen LogP contribution in [0.5, 0.6) is 0 Å². The monoisotopic (exact) mass is 396 g/mol. The molecule has 1 saturated heterocycles. The third kappa shape index (κ3) is 3.93. The van der Waals surface area contributed by atoms with Crippen LogP contribution >= 0.6 is 11.6 Å². The molecule has 0 bridgehead atoms. The number of aromatic nitrogens is 2. The molecule has 28 heavy (non-hydrogen) atoms. The lowest BCUT2D eigenvalue weighted by atomic mass is 10.1. The molecule has 0 unspecified atom stereocenters. The van der Waals surface area contributed by atoms with Crippen molar-refractivity contribution in [3.05, 3.63) is 75.3 Å². The van der Waals surface area contributed by atoms with E-state index in [4.69, 9.17) is 11.6 Å². The molecule has 0 spiro atoms. The second-order valence-corrected chi connectivity index (χ2v) is 7.36. The highest BCUT2D eigenvalue weighted by Crippen LogP contribution is 2.16. The van der Waals surface area contributed by atoms with E-state index in [1.54, 1.807) is 29.3 Å². The minimum absolute atomic E-state index is 0.164. The van der Waals surface area contributed by atoms with Gasteiger partial charge in [-0.15, -0.1) is 0 Å². The molecule has 1 aromatic carbocycles. The number of hydrogen-bond donors (Lipinski definition) is 1. The number of fused-ring (bicyclic) bond motifs is 1. The Hall–Kier alpha value is -2.70. The maximum absolute atomic E-state index is 12.9. The predicted molar refractivity (Wildman–Crippen MR) is 110 cm³/mol. The number of nitrogens with zero attached hydrogens (tertiary/aromatic N) is 3. The van der Waals surface area contributed by atoms with Gasteiger partial charge in [0.25, 0.3) is 5.91 Å². The number of rotatable bonds is 4. The van der Waals surface area contributed by atoms with E-state index in [1.807, 2.05) is 18.2 Å². The molecule has 0 saturated carbocycles. The molecule has 0 atom stereocenters. The van der Waals surface area contributed by atoms with Crippen molar-refractivity contribution in [2.45, 2.75) is 6.42 Å². The smallest absolute Gasteiger partial charge is 0.259 e. The molecule has 4 rings (SSSR count). The average Bonchev–Trinajstić information content (AvgIpc) is 2.74. The van der Waals surface area contributed by atoms with Crippen LogP contribution in [0.15, 0.2) is 53.6 Å². The second-order valence-electron chi connectivity index (χ2n) is 6.93. The van der Waals surface area contributed by atoms with Crippen molar-refractivity contribution in [1.29, 1.82) is 0 Å². The van der Waals surface area contributed by atoms with E-state index in [0.717, 1.165) is 31.7 Å². The highest BCUT2D eigenvalue weighted by Gasteiger charge is 2.24. The highest BCUT2D eigenvalue weighted by atomic mass is 35.5. The Bertz CT molecular complexity index is 1040. The molecule has 0 radical (unpaired) electrons. The van der Waals surface area contributed by atoms with Crippen LogP contribution in [0, 0.1) is 0 Å². The maximum atomic E-state index is 12.9. The zero-order valence-electron chi connectivity index (χ0n) is 15.4. The molecule has 2 aromatic heterocycles. The van der Waals surface area contributed by atoms with Gasteiger partial charge in [-0.3, -0.25) is 19.5 Å². The maximum Gasteiger partial charge on any atom is 0.259 e. The van der Waals surface area contributed by atoms with Gasteiger partial charge in [0.05, 0.1) is 0 Å². The summed E-state index contributed by atoms with van der Waals surface area (Å²) in [5.74, 6) is -0.229. The standard InChI is InChI=1S/C21H21ClN4O2/c22-15-4-5-19-17(13-15)20(27)18(14-24-19)21(28)26-11-9-25(10-12-26)8-6-16-3-1-2-7-23-16/h1-5,7,13-14H,6,8-12H2,(H,24,27). The largest absolute Gasteiger partial charge is 0.360 e.